The average molecular weight is 413 g/mol. The molecule has 0 saturated heterocycles. The topological polar surface area (TPSA) is 25.8 Å². The van der Waals surface area contributed by atoms with Gasteiger partial charge < -0.3 is 0 Å². The zero-order valence-electron chi connectivity index (χ0n) is 19.0. The molecule has 0 unspecified atom stereocenters. The smallest absolute Gasteiger partial charge is 0.0917 e. The first-order valence-electron chi connectivity index (χ1n) is 11.4. The van der Waals surface area contributed by atoms with Gasteiger partial charge in [-0.25, -0.2) is 0 Å². The summed E-state index contributed by atoms with van der Waals surface area (Å²) in [5.74, 6) is 0. The van der Waals surface area contributed by atoms with Crippen molar-refractivity contribution in [2.24, 2.45) is 0 Å². The second-order valence-electron chi connectivity index (χ2n) is 8.50. The van der Waals surface area contributed by atoms with Gasteiger partial charge in [-0.15, -0.1) is 0 Å². The first-order valence-corrected chi connectivity index (χ1v) is 17.1. The van der Waals surface area contributed by atoms with E-state index < -0.39 is 16.1 Å². The van der Waals surface area contributed by atoms with Crippen LogP contribution >= 0.6 is 0 Å². The minimum atomic E-state index is -1.27. The van der Waals surface area contributed by atoms with Crippen LogP contribution in [-0.2, 0) is 12.1 Å². The number of hydrogen-bond donors (Lipinski definition) is 0. The van der Waals surface area contributed by atoms with E-state index in [1.165, 1.54) is 59.5 Å². The predicted octanol–water partition coefficient (Wildman–Crippen LogP) is 7.32. The summed E-state index contributed by atoms with van der Waals surface area (Å²) in [5, 5.41) is 0. The first-order chi connectivity index (χ1) is 13.5. The van der Waals surface area contributed by atoms with Crippen LogP contribution in [0.25, 0.3) is 11.4 Å². The summed E-state index contributed by atoms with van der Waals surface area (Å²) < 4.78 is 0. The SMILES string of the molecule is CC[Si](CC)(CC)Cc1cccnc1-c1ncccc1C[Si](CC)(CC)CC. The lowest BCUT2D eigenvalue weighted by Gasteiger charge is -2.30. The number of hydrogen-bond acceptors (Lipinski definition) is 2. The Morgan fingerprint density at radius 3 is 1.18 bits per heavy atom. The lowest BCUT2D eigenvalue weighted by molar-refractivity contribution is 1.07. The third-order valence-electron chi connectivity index (χ3n) is 7.64. The fourth-order valence-corrected chi connectivity index (χ4v) is 11.3. The van der Waals surface area contributed by atoms with Crippen LogP contribution < -0.4 is 0 Å². The van der Waals surface area contributed by atoms with Crippen LogP contribution in [0.4, 0.5) is 0 Å². The first kappa shape index (κ1) is 23.0. The van der Waals surface area contributed by atoms with Crippen molar-refractivity contribution in [3.8, 4) is 11.4 Å². The molecular formula is C24H40N2Si2. The highest BCUT2D eigenvalue weighted by Gasteiger charge is 2.31. The molecule has 0 fully saturated rings. The van der Waals surface area contributed by atoms with Gasteiger partial charge in [0.1, 0.15) is 0 Å². The molecule has 2 rings (SSSR count). The van der Waals surface area contributed by atoms with Gasteiger partial charge in [0.2, 0.25) is 0 Å². The maximum atomic E-state index is 4.88. The van der Waals surface area contributed by atoms with Crippen LogP contribution in [-0.4, -0.2) is 26.1 Å². The van der Waals surface area contributed by atoms with E-state index in [0.29, 0.717) is 0 Å². The van der Waals surface area contributed by atoms with E-state index in [1.807, 2.05) is 12.4 Å². The Morgan fingerprint density at radius 2 is 0.893 bits per heavy atom. The molecule has 0 radical (unpaired) electrons. The van der Waals surface area contributed by atoms with Crippen molar-refractivity contribution in [2.75, 3.05) is 0 Å². The molecule has 2 nitrogen and oxygen atoms in total. The van der Waals surface area contributed by atoms with Crippen LogP contribution in [0.3, 0.4) is 0 Å². The van der Waals surface area contributed by atoms with E-state index in [2.05, 4.69) is 65.8 Å². The summed E-state index contributed by atoms with van der Waals surface area (Å²) in [6, 6.07) is 19.4. The molecule has 0 aliphatic carbocycles. The summed E-state index contributed by atoms with van der Waals surface area (Å²) in [6.07, 6.45) is 3.91. The molecule has 0 amide bonds. The van der Waals surface area contributed by atoms with Gasteiger partial charge in [0.25, 0.3) is 0 Å². The second kappa shape index (κ2) is 10.5. The Labute approximate surface area is 175 Å². The molecule has 2 aromatic heterocycles. The van der Waals surface area contributed by atoms with E-state index in [1.54, 1.807) is 0 Å². The summed E-state index contributed by atoms with van der Waals surface area (Å²) in [4.78, 5) is 9.76. The van der Waals surface area contributed by atoms with Crippen LogP contribution in [0.5, 0.6) is 0 Å². The van der Waals surface area contributed by atoms with Crippen molar-refractivity contribution in [1.29, 1.82) is 0 Å². The summed E-state index contributed by atoms with van der Waals surface area (Å²) >= 11 is 0. The van der Waals surface area contributed by atoms with Gasteiger partial charge in [-0.3, -0.25) is 9.97 Å². The average Bonchev–Trinajstić information content (AvgIpc) is 2.77. The number of aromatic nitrogens is 2. The molecule has 0 aliphatic heterocycles. The molecule has 0 spiro atoms. The van der Waals surface area contributed by atoms with Gasteiger partial charge in [-0.05, 0) is 35.3 Å². The Bertz CT molecular complexity index is 657. The highest BCUT2D eigenvalue weighted by atomic mass is 28.3. The molecule has 0 aromatic carbocycles. The van der Waals surface area contributed by atoms with Crippen molar-refractivity contribution >= 4 is 16.1 Å². The molecule has 0 atom stereocenters. The van der Waals surface area contributed by atoms with Crippen molar-refractivity contribution in [2.45, 2.75) is 89.9 Å². The normalized spacial score (nSPS) is 12.4. The lowest BCUT2D eigenvalue weighted by atomic mass is 10.1. The summed E-state index contributed by atoms with van der Waals surface area (Å²) in [6.45, 7) is 14.4. The summed E-state index contributed by atoms with van der Waals surface area (Å²) in [7, 11) is -2.53. The van der Waals surface area contributed by atoms with Gasteiger partial charge in [0, 0.05) is 12.4 Å². The third kappa shape index (κ3) is 5.01. The van der Waals surface area contributed by atoms with Crippen LogP contribution in [0.2, 0.25) is 36.3 Å². The van der Waals surface area contributed by atoms with Crippen LogP contribution in [0.15, 0.2) is 36.7 Å². The predicted molar refractivity (Wildman–Crippen MR) is 129 cm³/mol. The molecule has 4 heteroatoms. The van der Waals surface area contributed by atoms with Gasteiger partial charge in [-0.2, -0.15) is 0 Å². The fraction of sp³-hybridized carbons (Fsp3) is 0.583. The van der Waals surface area contributed by atoms with Gasteiger partial charge >= 0.3 is 0 Å². The molecule has 0 N–H and O–H groups in total. The Balaban J connectivity index is 2.50. The van der Waals surface area contributed by atoms with Crippen LogP contribution in [0.1, 0.15) is 52.7 Å². The highest BCUT2D eigenvalue weighted by Crippen LogP contribution is 2.33. The monoisotopic (exact) mass is 412 g/mol. The molecule has 2 heterocycles. The lowest BCUT2D eigenvalue weighted by Crippen LogP contribution is -2.35. The van der Waals surface area contributed by atoms with Crippen molar-refractivity contribution < 1.29 is 0 Å². The zero-order chi connectivity index (χ0) is 20.6. The van der Waals surface area contributed by atoms with Crippen LogP contribution in [0, 0.1) is 0 Å². The molecule has 0 aliphatic rings. The number of pyridine rings is 2. The van der Waals surface area contributed by atoms with E-state index in [-0.39, 0.29) is 0 Å². The second-order valence-corrected chi connectivity index (χ2v) is 19.4. The number of rotatable bonds is 11. The molecule has 154 valence electrons. The van der Waals surface area contributed by atoms with Crippen molar-refractivity contribution in [1.82, 2.24) is 9.97 Å². The van der Waals surface area contributed by atoms with E-state index in [4.69, 9.17) is 9.97 Å². The highest BCUT2D eigenvalue weighted by molar-refractivity contribution is 6.79. The van der Waals surface area contributed by atoms with E-state index in [9.17, 15) is 0 Å². The number of nitrogens with zero attached hydrogens (tertiary/aromatic N) is 2. The largest absolute Gasteiger partial charge is 0.254 e. The Morgan fingerprint density at radius 1 is 0.571 bits per heavy atom. The van der Waals surface area contributed by atoms with E-state index in [0.717, 1.165) is 11.4 Å². The third-order valence-corrected chi connectivity index (χ3v) is 18.9. The Kier molecular flexibility index (Phi) is 8.63. The summed E-state index contributed by atoms with van der Waals surface area (Å²) in [5.41, 5.74) is 5.15. The Hall–Kier alpha value is -1.27. The zero-order valence-corrected chi connectivity index (χ0v) is 21.0. The fourth-order valence-electron chi connectivity index (χ4n) is 4.65. The van der Waals surface area contributed by atoms with Crippen molar-refractivity contribution in [3.05, 3.63) is 47.8 Å². The molecule has 0 saturated carbocycles. The molecule has 0 bridgehead atoms. The maximum Gasteiger partial charge on any atom is 0.0917 e. The minimum Gasteiger partial charge on any atom is -0.254 e. The standard InChI is InChI=1S/C24H40N2Si2/c1-7-27(8-2,9-3)19-21-15-13-17-25-23(21)24-22(16-14-18-26-24)20-28(10-4,11-5)12-6/h13-18H,7-12,19-20H2,1-6H3. The van der Waals surface area contributed by atoms with Gasteiger partial charge in [-0.1, -0.05) is 89.9 Å². The maximum absolute atomic E-state index is 4.88. The van der Waals surface area contributed by atoms with Gasteiger partial charge in [0.15, 0.2) is 0 Å². The molecule has 2 aromatic rings. The quantitative estimate of drug-likeness (QED) is 0.361. The minimum absolute atomic E-state index is 1.15. The molecule has 28 heavy (non-hydrogen) atoms. The van der Waals surface area contributed by atoms with E-state index >= 15 is 0 Å². The van der Waals surface area contributed by atoms with Crippen molar-refractivity contribution in [3.63, 3.8) is 0 Å². The van der Waals surface area contributed by atoms with Gasteiger partial charge in [0.05, 0.1) is 27.5 Å². The molecular weight excluding hydrogens is 372 g/mol.